The Bertz CT molecular complexity index is 680. The van der Waals surface area contributed by atoms with Crippen molar-refractivity contribution in [2.45, 2.75) is 19.9 Å². The van der Waals surface area contributed by atoms with Crippen molar-refractivity contribution in [3.8, 4) is 11.3 Å². The fourth-order valence-electron chi connectivity index (χ4n) is 2.37. The molecule has 0 aliphatic heterocycles. The fourth-order valence-corrected chi connectivity index (χ4v) is 2.37. The minimum atomic E-state index is -0.287. The SMILES string of the molecule is C=CCN(CCO)C(=O)Nc1cc(-c2ccccc2)nn1C(C)C. The largest absolute Gasteiger partial charge is 0.395 e. The van der Waals surface area contributed by atoms with Crippen molar-refractivity contribution in [2.75, 3.05) is 25.0 Å². The second-order valence-electron chi connectivity index (χ2n) is 5.71. The van der Waals surface area contributed by atoms with Crippen LogP contribution in [0.3, 0.4) is 0 Å². The van der Waals surface area contributed by atoms with E-state index in [1.54, 1.807) is 10.8 Å². The van der Waals surface area contributed by atoms with E-state index in [2.05, 4.69) is 17.0 Å². The van der Waals surface area contributed by atoms with Crippen LogP contribution in [0.1, 0.15) is 19.9 Å². The molecule has 0 radical (unpaired) electrons. The van der Waals surface area contributed by atoms with Gasteiger partial charge >= 0.3 is 6.03 Å². The minimum Gasteiger partial charge on any atom is -0.395 e. The van der Waals surface area contributed by atoms with Crippen molar-refractivity contribution in [2.24, 2.45) is 0 Å². The number of carbonyl (C=O) groups is 1. The molecular formula is C18H24N4O2. The van der Waals surface area contributed by atoms with Gasteiger partial charge in [-0.15, -0.1) is 6.58 Å². The van der Waals surface area contributed by atoms with Crippen molar-refractivity contribution in [3.63, 3.8) is 0 Å². The molecule has 0 aliphatic carbocycles. The number of aliphatic hydroxyl groups is 1. The Labute approximate surface area is 142 Å². The van der Waals surface area contributed by atoms with E-state index >= 15 is 0 Å². The maximum absolute atomic E-state index is 12.4. The van der Waals surface area contributed by atoms with E-state index in [0.29, 0.717) is 12.4 Å². The quantitative estimate of drug-likeness (QED) is 0.767. The van der Waals surface area contributed by atoms with Crippen LogP contribution in [0.25, 0.3) is 11.3 Å². The van der Waals surface area contributed by atoms with Crippen molar-refractivity contribution in [1.29, 1.82) is 0 Å². The summed E-state index contributed by atoms with van der Waals surface area (Å²) in [5.41, 5.74) is 1.79. The molecule has 0 spiro atoms. The average Bonchev–Trinajstić information content (AvgIpc) is 2.99. The molecule has 1 aromatic heterocycles. The van der Waals surface area contributed by atoms with Crippen LogP contribution >= 0.6 is 0 Å². The lowest BCUT2D eigenvalue weighted by atomic mass is 10.2. The smallest absolute Gasteiger partial charge is 0.323 e. The highest BCUT2D eigenvalue weighted by Gasteiger charge is 2.17. The number of hydrogen-bond acceptors (Lipinski definition) is 3. The third-order valence-electron chi connectivity index (χ3n) is 3.54. The maximum Gasteiger partial charge on any atom is 0.323 e. The first-order valence-corrected chi connectivity index (χ1v) is 7.99. The second-order valence-corrected chi connectivity index (χ2v) is 5.71. The molecule has 2 aromatic rings. The van der Waals surface area contributed by atoms with Crippen molar-refractivity contribution >= 4 is 11.8 Å². The van der Waals surface area contributed by atoms with Gasteiger partial charge in [0, 0.05) is 30.8 Å². The fraction of sp³-hybridized carbons (Fsp3) is 0.333. The zero-order valence-corrected chi connectivity index (χ0v) is 14.1. The van der Waals surface area contributed by atoms with Gasteiger partial charge in [-0.05, 0) is 13.8 Å². The van der Waals surface area contributed by atoms with Crippen LogP contribution in [0.4, 0.5) is 10.6 Å². The van der Waals surface area contributed by atoms with Gasteiger partial charge in [-0.3, -0.25) is 5.32 Å². The first kappa shape index (κ1) is 17.7. The Hall–Kier alpha value is -2.60. The van der Waals surface area contributed by atoms with Gasteiger partial charge in [0.2, 0.25) is 0 Å². The third-order valence-corrected chi connectivity index (χ3v) is 3.54. The molecular weight excluding hydrogens is 304 g/mol. The molecule has 0 aliphatic rings. The second kappa shape index (κ2) is 8.31. The summed E-state index contributed by atoms with van der Waals surface area (Å²) in [6.45, 7) is 8.17. The van der Waals surface area contributed by atoms with Crippen LogP contribution in [0.5, 0.6) is 0 Å². The molecule has 0 atom stereocenters. The number of hydrogen-bond donors (Lipinski definition) is 2. The lowest BCUT2D eigenvalue weighted by Crippen LogP contribution is -2.37. The van der Waals surface area contributed by atoms with Crippen LogP contribution in [0.15, 0.2) is 49.1 Å². The summed E-state index contributed by atoms with van der Waals surface area (Å²) in [5.74, 6) is 0.626. The number of carbonyl (C=O) groups excluding carboxylic acids is 1. The van der Waals surface area contributed by atoms with Crippen LogP contribution in [-0.4, -0.2) is 45.5 Å². The summed E-state index contributed by atoms with van der Waals surface area (Å²) >= 11 is 0. The molecule has 6 heteroatoms. The lowest BCUT2D eigenvalue weighted by Gasteiger charge is -2.21. The first-order chi connectivity index (χ1) is 11.6. The molecule has 2 amide bonds. The molecule has 0 saturated carbocycles. The molecule has 2 rings (SSSR count). The first-order valence-electron chi connectivity index (χ1n) is 7.99. The molecule has 2 N–H and O–H groups in total. The predicted octanol–water partition coefficient (Wildman–Crippen LogP) is 3.14. The number of nitrogens with one attached hydrogen (secondary N) is 1. The molecule has 1 heterocycles. The number of aliphatic hydroxyl groups excluding tert-OH is 1. The predicted molar refractivity (Wildman–Crippen MR) is 95.9 cm³/mol. The molecule has 24 heavy (non-hydrogen) atoms. The molecule has 0 saturated heterocycles. The van der Waals surface area contributed by atoms with E-state index in [0.717, 1.165) is 11.3 Å². The van der Waals surface area contributed by atoms with E-state index < -0.39 is 0 Å². The van der Waals surface area contributed by atoms with E-state index in [4.69, 9.17) is 5.11 Å². The van der Waals surface area contributed by atoms with Crippen LogP contribution in [0.2, 0.25) is 0 Å². The molecule has 0 unspecified atom stereocenters. The summed E-state index contributed by atoms with van der Waals surface area (Å²) in [4.78, 5) is 13.9. The lowest BCUT2D eigenvalue weighted by molar-refractivity contribution is 0.195. The Morgan fingerprint density at radius 2 is 2.12 bits per heavy atom. The highest BCUT2D eigenvalue weighted by atomic mass is 16.3. The van der Waals surface area contributed by atoms with Gasteiger partial charge in [0.15, 0.2) is 0 Å². The van der Waals surface area contributed by atoms with E-state index in [9.17, 15) is 4.79 Å². The van der Waals surface area contributed by atoms with E-state index in [1.807, 2.05) is 50.2 Å². The standard InChI is InChI=1S/C18H24N4O2/c1-4-10-21(11-12-23)18(24)19-17-13-16(20-22(17)14(2)3)15-8-6-5-7-9-15/h4-9,13-14,23H,1,10-12H2,2-3H3,(H,19,24). The maximum atomic E-state index is 12.4. The van der Waals surface area contributed by atoms with Gasteiger partial charge in [-0.2, -0.15) is 5.10 Å². The Morgan fingerprint density at radius 3 is 2.71 bits per heavy atom. The van der Waals surface area contributed by atoms with Crippen molar-refractivity contribution in [1.82, 2.24) is 14.7 Å². The highest BCUT2D eigenvalue weighted by Crippen LogP contribution is 2.24. The van der Waals surface area contributed by atoms with Crippen molar-refractivity contribution in [3.05, 3.63) is 49.1 Å². The molecule has 0 fully saturated rings. The number of anilines is 1. The van der Waals surface area contributed by atoms with Gasteiger partial charge < -0.3 is 10.0 Å². The van der Waals surface area contributed by atoms with Gasteiger partial charge in [-0.25, -0.2) is 9.48 Å². The number of rotatable bonds is 7. The van der Waals surface area contributed by atoms with Crippen LogP contribution < -0.4 is 5.32 Å². The van der Waals surface area contributed by atoms with Gasteiger partial charge in [0.25, 0.3) is 0 Å². The van der Waals surface area contributed by atoms with Crippen molar-refractivity contribution < 1.29 is 9.90 Å². The number of urea groups is 1. The summed E-state index contributed by atoms with van der Waals surface area (Å²) in [6.07, 6.45) is 1.63. The van der Waals surface area contributed by atoms with Crippen LogP contribution in [-0.2, 0) is 0 Å². The summed E-state index contributed by atoms with van der Waals surface area (Å²) in [6, 6.07) is 11.5. The monoisotopic (exact) mass is 328 g/mol. The zero-order chi connectivity index (χ0) is 17.5. The number of amides is 2. The minimum absolute atomic E-state index is 0.0973. The Kier molecular flexibility index (Phi) is 6.14. The zero-order valence-electron chi connectivity index (χ0n) is 14.1. The summed E-state index contributed by atoms with van der Waals surface area (Å²) in [5, 5.41) is 16.6. The van der Waals surface area contributed by atoms with Gasteiger partial charge in [0.05, 0.1) is 12.3 Å². The van der Waals surface area contributed by atoms with E-state index in [1.165, 1.54) is 4.90 Å². The van der Waals surface area contributed by atoms with Gasteiger partial charge in [0.1, 0.15) is 5.82 Å². The number of aromatic nitrogens is 2. The Balaban J connectivity index is 2.27. The molecule has 128 valence electrons. The molecule has 1 aromatic carbocycles. The molecule has 6 nitrogen and oxygen atoms in total. The average molecular weight is 328 g/mol. The third kappa shape index (κ3) is 4.23. The van der Waals surface area contributed by atoms with Gasteiger partial charge in [-0.1, -0.05) is 36.4 Å². The molecule has 0 bridgehead atoms. The summed E-state index contributed by atoms with van der Waals surface area (Å²) < 4.78 is 1.78. The highest BCUT2D eigenvalue weighted by molar-refractivity contribution is 5.89. The normalized spacial score (nSPS) is 10.7. The Morgan fingerprint density at radius 1 is 1.42 bits per heavy atom. The number of nitrogens with zero attached hydrogens (tertiary/aromatic N) is 3. The topological polar surface area (TPSA) is 70.4 Å². The number of benzene rings is 1. The van der Waals surface area contributed by atoms with Crippen LogP contribution in [0, 0.1) is 0 Å². The summed E-state index contributed by atoms with van der Waals surface area (Å²) in [7, 11) is 0. The van der Waals surface area contributed by atoms with E-state index in [-0.39, 0.29) is 25.2 Å².